The van der Waals surface area contributed by atoms with Gasteiger partial charge in [0.1, 0.15) is 11.4 Å². The highest BCUT2D eigenvalue weighted by Gasteiger charge is 2.42. The summed E-state index contributed by atoms with van der Waals surface area (Å²) >= 11 is 0. The average Bonchev–Trinajstić information content (AvgIpc) is 3.09. The molecule has 3 aromatic carbocycles. The van der Waals surface area contributed by atoms with Crippen LogP contribution in [-0.4, -0.2) is 29.9 Å². The fourth-order valence-corrected chi connectivity index (χ4v) is 3.92. The summed E-state index contributed by atoms with van der Waals surface area (Å²) in [6, 6.07) is 26.4. The maximum atomic E-state index is 13.6. The van der Waals surface area contributed by atoms with E-state index in [1.165, 1.54) is 4.90 Å². The van der Waals surface area contributed by atoms with E-state index in [2.05, 4.69) is 0 Å². The first-order chi connectivity index (χ1) is 15.6. The van der Waals surface area contributed by atoms with Crippen LogP contribution in [0.15, 0.2) is 90.6 Å². The van der Waals surface area contributed by atoms with Crippen molar-refractivity contribution in [2.24, 2.45) is 0 Å². The van der Waals surface area contributed by atoms with Gasteiger partial charge in [0.25, 0.3) is 11.8 Å². The molecule has 0 unspecified atom stereocenters. The number of benzene rings is 3. The van der Waals surface area contributed by atoms with Crippen LogP contribution >= 0.6 is 0 Å². The normalized spacial score (nSPS) is 13.6. The fourth-order valence-electron chi connectivity index (χ4n) is 3.92. The molecule has 32 heavy (non-hydrogen) atoms. The number of rotatable bonds is 8. The minimum atomic E-state index is -0.313. The third kappa shape index (κ3) is 4.14. The average molecular weight is 427 g/mol. The third-order valence-electron chi connectivity index (χ3n) is 5.44. The van der Waals surface area contributed by atoms with Crippen LogP contribution in [-0.2, 0) is 16.1 Å². The number of para-hydroxylation sites is 1. The summed E-state index contributed by atoms with van der Waals surface area (Å²) in [5.41, 5.74) is 3.18. The number of imide groups is 1. The van der Waals surface area contributed by atoms with Gasteiger partial charge in [-0.1, -0.05) is 60.7 Å². The Balaban J connectivity index is 1.80. The summed E-state index contributed by atoms with van der Waals surface area (Å²) < 4.78 is 5.55. The standard InChI is InChI=1S/C27H26N2O3/c1-3-28(19-20-11-7-5-8-12-20)25-24(21-15-17-23(18-16-21)32-4-2)26(30)29(27(25)31)22-13-9-6-10-14-22/h5-18H,3-4,19H2,1-2H3. The largest absolute Gasteiger partial charge is 0.494 e. The number of carbonyl (C=O) groups is 2. The number of nitrogens with zero attached hydrogens (tertiary/aromatic N) is 2. The van der Waals surface area contributed by atoms with Gasteiger partial charge in [0, 0.05) is 13.1 Å². The van der Waals surface area contributed by atoms with E-state index in [1.807, 2.05) is 91.5 Å². The third-order valence-corrected chi connectivity index (χ3v) is 5.44. The summed E-state index contributed by atoms with van der Waals surface area (Å²) in [5.74, 6) is 0.112. The second kappa shape index (κ2) is 9.52. The van der Waals surface area contributed by atoms with E-state index < -0.39 is 0 Å². The molecule has 1 aliphatic rings. The van der Waals surface area contributed by atoms with E-state index in [0.29, 0.717) is 42.2 Å². The smallest absolute Gasteiger partial charge is 0.282 e. The van der Waals surface area contributed by atoms with Crippen LogP contribution in [0.1, 0.15) is 25.0 Å². The topological polar surface area (TPSA) is 49.9 Å². The molecule has 4 rings (SSSR count). The molecule has 0 radical (unpaired) electrons. The van der Waals surface area contributed by atoms with Crippen molar-refractivity contribution in [1.82, 2.24) is 4.90 Å². The molecule has 0 saturated carbocycles. The zero-order valence-electron chi connectivity index (χ0n) is 18.3. The molecule has 162 valence electrons. The minimum Gasteiger partial charge on any atom is -0.494 e. The lowest BCUT2D eigenvalue weighted by Gasteiger charge is -2.25. The van der Waals surface area contributed by atoms with E-state index in [-0.39, 0.29) is 11.8 Å². The van der Waals surface area contributed by atoms with Gasteiger partial charge in [0.2, 0.25) is 0 Å². The van der Waals surface area contributed by atoms with Crippen LogP contribution in [0.2, 0.25) is 0 Å². The molecule has 0 fully saturated rings. The first-order valence-electron chi connectivity index (χ1n) is 10.8. The fraction of sp³-hybridized carbons (Fsp3) is 0.185. The highest BCUT2D eigenvalue weighted by molar-refractivity contribution is 6.45. The van der Waals surface area contributed by atoms with Crippen molar-refractivity contribution in [2.75, 3.05) is 18.1 Å². The highest BCUT2D eigenvalue weighted by atomic mass is 16.5. The van der Waals surface area contributed by atoms with Crippen molar-refractivity contribution in [2.45, 2.75) is 20.4 Å². The van der Waals surface area contributed by atoms with Gasteiger partial charge >= 0.3 is 0 Å². The number of ether oxygens (including phenoxy) is 1. The molecule has 0 saturated heterocycles. The van der Waals surface area contributed by atoms with Crippen LogP contribution in [0.3, 0.4) is 0 Å². The maximum Gasteiger partial charge on any atom is 0.282 e. The molecule has 5 heteroatoms. The minimum absolute atomic E-state index is 0.303. The van der Waals surface area contributed by atoms with Gasteiger partial charge in [-0.25, -0.2) is 4.90 Å². The molecule has 2 amide bonds. The predicted molar refractivity (Wildman–Crippen MR) is 126 cm³/mol. The first kappa shape index (κ1) is 21.4. The Morgan fingerprint density at radius 1 is 0.781 bits per heavy atom. The van der Waals surface area contributed by atoms with E-state index in [9.17, 15) is 9.59 Å². The summed E-state index contributed by atoms with van der Waals surface area (Å²) in [4.78, 5) is 30.5. The van der Waals surface area contributed by atoms with Gasteiger partial charge in [-0.3, -0.25) is 9.59 Å². The SMILES string of the molecule is CCOc1ccc(C2=C(N(CC)Cc3ccccc3)C(=O)N(c3ccccc3)C2=O)cc1. The number of amides is 2. The van der Waals surface area contributed by atoms with Gasteiger partial charge in [-0.05, 0) is 49.2 Å². The van der Waals surface area contributed by atoms with Gasteiger partial charge in [-0.15, -0.1) is 0 Å². The Kier molecular flexibility index (Phi) is 6.36. The molecule has 0 N–H and O–H groups in total. The zero-order chi connectivity index (χ0) is 22.5. The lowest BCUT2D eigenvalue weighted by Crippen LogP contribution is -2.35. The number of likely N-dealkylation sites (N-methyl/N-ethyl adjacent to an activating group) is 1. The van der Waals surface area contributed by atoms with Crippen molar-refractivity contribution in [3.05, 3.63) is 102 Å². The molecule has 5 nitrogen and oxygen atoms in total. The lowest BCUT2D eigenvalue weighted by atomic mass is 10.0. The summed E-state index contributed by atoms with van der Waals surface area (Å²) in [7, 11) is 0. The van der Waals surface area contributed by atoms with Crippen molar-refractivity contribution >= 4 is 23.1 Å². The molecule has 1 aliphatic heterocycles. The van der Waals surface area contributed by atoms with E-state index in [4.69, 9.17) is 4.74 Å². The van der Waals surface area contributed by atoms with Gasteiger partial charge < -0.3 is 9.64 Å². The zero-order valence-corrected chi connectivity index (χ0v) is 18.3. The molecule has 1 heterocycles. The van der Waals surface area contributed by atoms with Crippen molar-refractivity contribution in [3.63, 3.8) is 0 Å². The van der Waals surface area contributed by atoms with Crippen molar-refractivity contribution in [3.8, 4) is 5.75 Å². The van der Waals surface area contributed by atoms with Crippen molar-refractivity contribution < 1.29 is 14.3 Å². The number of carbonyl (C=O) groups excluding carboxylic acids is 2. The Morgan fingerprint density at radius 2 is 1.41 bits per heavy atom. The second-order valence-corrected chi connectivity index (χ2v) is 7.46. The molecule has 0 atom stereocenters. The van der Waals surface area contributed by atoms with Crippen LogP contribution in [0.4, 0.5) is 5.69 Å². The van der Waals surface area contributed by atoms with Crippen LogP contribution in [0, 0.1) is 0 Å². The van der Waals surface area contributed by atoms with Gasteiger partial charge in [0.05, 0.1) is 17.9 Å². The summed E-state index contributed by atoms with van der Waals surface area (Å²) in [6.45, 7) is 5.61. The monoisotopic (exact) mass is 426 g/mol. The first-order valence-corrected chi connectivity index (χ1v) is 10.8. The Hall–Kier alpha value is -3.86. The molecule has 0 spiro atoms. The van der Waals surface area contributed by atoms with Crippen LogP contribution in [0.5, 0.6) is 5.75 Å². The second-order valence-electron chi connectivity index (χ2n) is 7.46. The summed E-state index contributed by atoms with van der Waals surface area (Å²) in [6.07, 6.45) is 0. The number of hydrogen-bond acceptors (Lipinski definition) is 4. The molecular weight excluding hydrogens is 400 g/mol. The Morgan fingerprint density at radius 3 is 2.00 bits per heavy atom. The Bertz CT molecular complexity index is 1120. The van der Waals surface area contributed by atoms with E-state index in [0.717, 1.165) is 11.3 Å². The lowest BCUT2D eigenvalue weighted by molar-refractivity contribution is -0.120. The highest BCUT2D eigenvalue weighted by Crippen LogP contribution is 2.35. The molecule has 0 aliphatic carbocycles. The van der Waals surface area contributed by atoms with Gasteiger partial charge in [-0.2, -0.15) is 0 Å². The van der Waals surface area contributed by atoms with E-state index in [1.54, 1.807) is 12.1 Å². The molecular formula is C27H26N2O3. The summed E-state index contributed by atoms with van der Waals surface area (Å²) in [5, 5.41) is 0. The van der Waals surface area contributed by atoms with Crippen LogP contribution < -0.4 is 9.64 Å². The predicted octanol–water partition coefficient (Wildman–Crippen LogP) is 4.89. The van der Waals surface area contributed by atoms with Crippen molar-refractivity contribution in [1.29, 1.82) is 0 Å². The molecule has 3 aromatic rings. The number of anilines is 1. The molecule has 0 bridgehead atoms. The van der Waals surface area contributed by atoms with Crippen LogP contribution in [0.25, 0.3) is 5.57 Å². The maximum absolute atomic E-state index is 13.6. The number of hydrogen-bond donors (Lipinski definition) is 0. The molecule has 0 aromatic heterocycles. The van der Waals surface area contributed by atoms with E-state index >= 15 is 0 Å². The Labute approximate surface area is 188 Å². The quantitative estimate of drug-likeness (QED) is 0.481. The van der Waals surface area contributed by atoms with Gasteiger partial charge in [0.15, 0.2) is 0 Å².